The Morgan fingerprint density at radius 1 is 1.22 bits per heavy atom. The van der Waals surface area contributed by atoms with Gasteiger partial charge in [0, 0.05) is 13.0 Å². The van der Waals surface area contributed by atoms with E-state index in [1.807, 2.05) is 47.8 Å². The molecule has 0 bridgehead atoms. The van der Waals surface area contributed by atoms with Crippen LogP contribution < -0.4 is 5.32 Å². The molecule has 3 rings (SSSR count). The normalized spacial score (nSPS) is 12.0. The van der Waals surface area contributed by atoms with Crippen molar-refractivity contribution in [3.63, 3.8) is 0 Å². The van der Waals surface area contributed by atoms with Crippen molar-refractivity contribution < 1.29 is 9.90 Å². The second kappa shape index (κ2) is 7.50. The maximum atomic E-state index is 12.1. The van der Waals surface area contributed by atoms with Crippen LogP contribution in [0.4, 0.5) is 0 Å². The lowest BCUT2D eigenvalue weighted by atomic mass is 10.1. The predicted octanol–water partition coefficient (Wildman–Crippen LogP) is 3.21. The molecule has 4 nitrogen and oxygen atoms in total. The molecular formula is C17H16N2O2S2. The van der Waals surface area contributed by atoms with Gasteiger partial charge in [-0.3, -0.25) is 4.79 Å². The molecular weight excluding hydrogens is 328 g/mol. The number of aliphatic hydroxyl groups is 1. The monoisotopic (exact) mass is 344 g/mol. The molecule has 0 radical (unpaired) electrons. The summed E-state index contributed by atoms with van der Waals surface area (Å²) in [6.45, 7) is 0.222. The van der Waals surface area contributed by atoms with Crippen molar-refractivity contribution in [2.24, 2.45) is 0 Å². The van der Waals surface area contributed by atoms with E-state index in [-0.39, 0.29) is 12.5 Å². The third kappa shape index (κ3) is 4.25. The molecule has 2 heterocycles. The topological polar surface area (TPSA) is 62.2 Å². The summed E-state index contributed by atoms with van der Waals surface area (Å²) >= 11 is 2.96. The van der Waals surface area contributed by atoms with Gasteiger partial charge in [0.2, 0.25) is 0 Å². The Labute approximate surface area is 142 Å². The lowest BCUT2D eigenvalue weighted by Crippen LogP contribution is -2.32. The number of rotatable bonds is 6. The molecule has 118 valence electrons. The van der Waals surface area contributed by atoms with Gasteiger partial charge in [-0.15, -0.1) is 22.7 Å². The number of aromatic nitrogens is 1. The number of aliphatic hydroxyl groups excluding tert-OH is 1. The summed E-state index contributed by atoms with van der Waals surface area (Å²) in [5.74, 6) is -0.197. The van der Waals surface area contributed by atoms with Crippen LogP contribution in [-0.2, 0) is 6.42 Å². The van der Waals surface area contributed by atoms with Crippen molar-refractivity contribution in [1.82, 2.24) is 10.3 Å². The Hall–Kier alpha value is -2.02. The van der Waals surface area contributed by atoms with Crippen LogP contribution in [0.3, 0.4) is 0 Å². The summed E-state index contributed by atoms with van der Waals surface area (Å²) < 4.78 is 0. The maximum absolute atomic E-state index is 12.1. The fourth-order valence-electron chi connectivity index (χ4n) is 2.15. The zero-order chi connectivity index (χ0) is 16.1. The molecule has 6 heteroatoms. The molecule has 2 aromatic heterocycles. The summed E-state index contributed by atoms with van der Waals surface area (Å²) in [7, 11) is 0. The van der Waals surface area contributed by atoms with Crippen LogP contribution in [0.25, 0.3) is 9.88 Å². The Morgan fingerprint density at radius 3 is 2.78 bits per heavy atom. The summed E-state index contributed by atoms with van der Waals surface area (Å²) in [4.78, 5) is 18.0. The van der Waals surface area contributed by atoms with E-state index in [0.717, 1.165) is 15.4 Å². The minimum atomic E-state index is -0.606. The van der Waals surface area contributed by atoms with E-state index < -0.39 is 6.10 Å². The maximum Gasteiger partial charge on any atom is 0.263 e. The highest BCUT2D eigenvalue weighted by Crippen LogP contribution is 2.28. The van der Waals surface area contributed by atoms with Gasteiger partial charge >= 0.3 is 0 Å². The lowest BCUT2D eigenvalue weighted by molar-refractivity contribution is 0.0919. The lowest BCUT2D eigenvalue weighted by Gasteiger charge is -2.11. The summed E-state index contributed by atoms with van der Waals surface area (Å²) in [6.07, 6.45) is 1.49. The van der Waals surface area contributed by atoms with Crippen molar-refractivity contribution in [3.05, 3.63) is 64.5 Å². The summed E-state index contributed by atoms with van der Waals surface area (Å²) in [6, 6.07) is 13.7. The SMILES string of the molecule is O=C(NCC(O)Cc1ccccc1)c1cnc(-c2cccs2)s1. The van der Waals surface area contributed by atoms with Gasteiger partial charge in [-0.25, -0.2) is 4.98 Å². The van der Waals surface area contributed by atoms with Crippen molar-refractivity contribution in [1.29, 1.82) is 0 Å². The van der Waals surface area contributed by atoms with Gasteiger partial charge in [0.15, 0.2) is 0 Å². The van der Waals surface area contributed by atoms with E-state index in [0.29, 0.717) is 11.3 Å². The number of carbonyl (C=O) groups is 1. The first-order chi connectivity index (χ1) is 11.2. The van der Waals surface area contributed by atoms with E-state index in [9.17, 15) is 9.90 Å². The predicted molar refractivity (Wildman–Crippen MR) is 93.9 cm³/mol. The Morgan fingerprint density at radius 2 is 2.04 bits per heavy atom. The zero-order valence-electron chi connectivity index (χ0n) is 12.3. The number of benzene rings is 1. The fraction of sp³-hybridized carbons (Fsp3) is 0.176. The molecule has 0 spiro atoms. The largest absolute Gasteiger partial charge is 0.391 e. The number of amides is 1. The number of nitrogens with one attached hydrogen (secondary N) is 1. The molecule has 0 aliphatic heterocycles. The standard InChI is InChI=1S/C17H16N2O2S2/c20-13(9-12-5-2-1-3-6-12)10-18-16(21)15-11-19-17(23-15)14-7-4-8-22-14/h1-8,11,13,20H,9-10H2,(H,18,21). The van der Waals surface area contributed by atoms with Crippen LogP contribution in [0.2, 0.25) is 0 Å². The molecule has 1 unspecified atom stereocenters. The first kappa shape index (κ1) is 15.9. The van der Waals surface area contributed by atoms with Crippen LogP contribution in [0.1, 0.15) is 15.2 Å². The van der Waals surface area contributed by atoms with Gasteiger partial charge < -0.3 is 10.4 Å². The Balaban J connectivity index is 1.53. The van der Waals surface area contributed by atoms with E-state index in [4.69, 9.17) is 0 Å². The highest BCUT2D eigenvalue weighted by atomic mass is 32.1. The molecule has 0 saturated carbocycles. The molecule has 3 aromatic rings. The van der Waals surface area contributed by atoms with Gasteiger partial charge in [0.1, 0.15) is 9.88 Å². The van der Waals surface area contributed by atoms with Crippen LogP contribution in [0, 0.1) is 0 Å². The van der Waals surface area contributed by atoms with E-state index in [1.54, 1.807) is 17.5 Å². The second-order valence-electron chi connectivity index (χ2n) is 5.06. The third-order valence-electron chi connectivity index (χ3n) is 3.27. The average molecular weight is 344 g/mol. The summed E-state index contributed by atoms with van der Waals surface area (Å²) in [5.41, 5.74) is 1.05. The minimum Gasteiger partial charge on any atom is -0.391 e. The number of thiophene rings is 1. The van der Waals surface area contributed by atoms with Crippen LogP contribution in [0.5, 0.6) is 0 Å². The number of nitrogens with zero attached hydrogens (tertiary/aromatic N) is 1. The van der Waals surface area contributed by atoms with Crippen LogP contribution in [0.15, 0.2) is 54.0 Å². The van der Waals surface area contributed by atoms with Gasteiger partial charge in [-0.05, 0) is 17.0 Å². The second-order valence-corrected chi connectivity index (χ2v) is 7.04. The quantitative estimate of drug-likeness (QED) is 0.722. The van der Waals surface area contributed by atoms with E-state index >= 15 is 0 Å². The molecule has 1 amide bonds. The van der Waals surface area contributed by atoms with Crippen molar-refractivity contribution in [2.45, 2.75) is 12.5 Å². The Bertz CT molecular complexity index is 754. The van der Waals surface area contributed by atoms with Crippen molar-refractivity contribution in [2.75, 3.05) is 6.54 Å². The molecule has 0 fully saturated rings. The van der Waals surface area contributed by atoms with Gasteiger partial charge in [0.05, 0.1) is 17.2 Å². The number of hydrogen-bond acceptors (Lipinski definition) is 5. The number of thiazole rings is 1. The van der Waals surface area contributed by atoms with E-state index in [1.165, 1.54) is 11.3 Å². The molecule has 0 saturated heterocycles. The molecule has 23 heavy (non-hydrogen) atoms. The molecule has 1 atom stereocenters. The smallest absolute Gasteiger partial charge is 0.263 e. The van der Waals surface area contributed by atoms with Crippen molar-refractivity contribution in [3.8, 4) is 9.88 Å². The molecule has 2 N–H and O–H groups in total. The third-order valence-corrected chi connectivity index (χ3v) is 5.31. The minimum absolute atomic E-state index is 0.197. The zero-order valence-corrected chi connectivity index (χ0v) is 13.9. The van der Waals surface area contributed by atoms with Gasteiger partial charge in [-0.1, -0.05) is 36.4 Å². The highest BCUT2D eigenvalue weighted by molar-refractivity contribution is 7.21. The average Bonchev–Trinajstić information content (AvgIpc) is 3.24. The fourth-order valence-corrected chi connectivity index (χ4v) is 3.79. The van der Waals surface area contributed by atoms with E-state index in [2.05, 4.69) is 10.3 Å². The molecule has 0 aliphatic rings. The number of hydrogen-bond donors (Lipinski definition) is 2. The molecule has 1 aromatic carbocycles. The van der Waals surface area contributed by atoms with Crippen LogP contribution in [-0.4, -0.2) is 28.6 Å². The van der Waals surface area contributed by atoms with Gasteiger partial charge in [0.25, 0.3) is 5.91 Å². The number of carbonyl (C=O) groups excluding carboxylic acids is 1. The van der Waals surface area contributed by atoms with Gasteiger partial charge in [-0.2, -0.15) is 0 Å². The summed E-state index contributed by atoms with van der Waals surface area (Å²) in [5, 5.41) is 15.6. The molecule has 0 aliphatic carbocycles. The van der Waals surface area contributed by atoms with Crippen LogP contribution >= 0.6 is 22.7 Å². The Kier molecular flexibility index (Phi) is 5.17. The first-order valence-corrected chi connectivity index (χ1v) is 8.92. The van der Waals surface area contributed by atoms with Crippen molar-refractivity contribution >= 4 is 28.6 Å². The first-order valence-electron chi connectivity index (χ1n) is 7.22. The highest BCUT2D eigenvalue weighted by Gasteiger charge is 2.14.